The summed E-state index contributed by atoms with van der Waals surface area (Å²) in [4.78, 5) is 11.1. The van der Waals surface area contributed by atoms with E-state index in [9.17, 15) is 9.18 Å². The van der Waals surface area contributed by atoms with Gasteiger partial charge in [0.1, 0.15) is 11.6 Å². The van der Waals surface area contributed by atoms with Crippen molar-refractivity contribution in [1.82, 2.24) is 0 Å². The van der Waals surface area contributed by atoms with E-state index in [2.05, 4.69) is 0 Å². The zero-order valence-corrected chi connectivity index (χ0v) is 8.47. The van der Waals surface area contributed by atoms with Gasteiger partial charge in [-0.05, 0) is 24.6 Å². The summed E-state index contributed by atoms with van der Waals surface area (Å²) in [6, 6.07) is 3.64. The summed E-state index contributed by atoms with van der Waals surface area (Å²) in [6.45, 7) is 1.87. The molecule has 4 heteroatoms. The van der Waals surface area contributed by atoms with E-state index in [0.717, 1.165) is 6.07 Å². The van der Waals surface area contributed by atoms with Crippen molar-refractivity contribution in [3.05, 3.63) is 29.0 Å². The zero-order chi connectivity index (χ0) is 10.6. The van der Waals surface area contributed by atoms with E-state index < -0.39 is 5.82 Å². The van der Waals surface area contributed by atoms with Crippen molar-refractivity contribution in [1.29, 1.82) is 0 Å². The van der Waals surface area contributed by atoms with E-state index >= 15 is 0 Å². The van der Waals surface area contributed by atoms with Crippen LogP contribution < -0.4 is 4.74 Å². The second kappa shape index (κ2) is 4.96. The van der Waals surface area contributed by atoms with Crippen molar-refractivity contribution in [2.75, 3.05) is 0 Å². The highest BCUT2D eigenvalue weighted by molar-refractivity contribution is 6.32. The summed E-state index contributed by atoms with van der Waals surface area (Å²) in [6.07, 6.45) is 1.03. The van der Waals surface area contributed by atoms with Gasteiger partial charge in [-0.2, -0.15) is 0 Å². The predicted molar refractivity (Wildman–Crippen MR) is 52.0 cm³/mol. The normalized spacial score (nSPS) is 9.93. The fraction of sp³-hybridized carbons (Fsp3) is 0.300. The van der Waals surface area contributed by atoms with Crippen LogP contribution in [0.5, 0.6) is 5.75 Å². The Hall–Kier alpha value is -1.09. The molecule has 14 heavy (non-hydrogen) atoms. The molecule has 1 rings (SSSR count). The van der Waals surface area contributed by atoms with E-state index in [1.54, 1.807) is 0 Å². The second-order valence-electron chi connectivity index (χ2n) is 2.80. The van der Waals surface area contributed by atoms with Crippen molar-refractivity contribution >= 4 is 17.6 Å². The predicted octanol–water partition coefficient (Wildman–Crippen LogP) is 3.18. The van der Waals surface area contributed by atoms with Gasteiger partial charge in [0.25, 0.3) is 0 Å². The largest absolute Gasteiger partial charge is 0.425 e. The van der Waals surface area contributed by atoms with Crippen LogP contribution in [0.15, 0.2) is 18.2 Å². The molecule has 0 aromatic heterocycles. The molecule has 0 aliphatic rings. The minimum Gasteiger partial charge on any atom is -0.425 e. The molecule has 0 N–H and O–H groups in total. The third-order valence-corrected chi connectivity index (χ3v) is 1.87. The number of rotatable bonds is 3. The highest BCUT2D eigenvalue weighted by Gasteiger charge is 2.07. The number of esters is 1. The van der Waals surface area contributed by atoms with Gasteiger partial charge >= 0.3 is 5.97 Å². The maximum atomic E-state index is 12.6. The molecule has 0 aliphatic carbocycles. The Morgan fingerprint density at radius 3 is 2.86 bits per heavy atom. The van der Waals surface area contributed by atoms with Gasteiger partial charge in [-0.25, -0.2) is 4.39 Å². The average Bonchev–Trinajstić information content (AvgIpc) is 2.10. The molecular weight excluding hydrogens is 207 g/mol. The molecule has 1 aromatic rings. The summed E-state index contributed by atoms with van der Waals surface area (Å²) < 4.78 is 17.5. The highest BCUT2D eigenvalue weighted by atomic mass is 35.5. The van der Waals surface area contributed by atoms with Crippen LogP contribution in [0.2, 0.25) is 5.02 Å². The number of ether oxygens (including phenoxy) is 1. The maximum absolute atomic E-state index is 12.6. The molecule has 0 spiro atoms. The second-order valence-corrected chi connectivity index (χ2v) is 3.21. The van der Waals surface area contributed by atoms with E-state index in [1.165, 1.54) is 12.1 Å². The molecule has 0 atom stereocenters. The fourth-order valence-corrected chi connectivity index (χ4v) is 1.14. The van der Waals surface area contributed by atoms with E-state index in [4.69, 9.17) is 16.3 Å². The molecule has 1 aromatic carbocycles. The average molecular weight is 217 g/mol. The third-order valence-electron chi connectivity index (χ3n) is 1.57. The van der Waals surface area contributed by atoms with Gasteiger partial charge in [0.2, 0.25) is 0 Å². The van der Waals surface area contributed by atoms with Gasteiger partial charge in [-0.15, -0.1) is 0 Å². The number of hydrogen-bond donors (Lipinski definition) is 0. The molecule has 76 valence electrons. The topological polar surface area (TPSA) is 26.3 Å². The summed E-state index contributed by atoms with van der Waals surface area (Å²) in [7, 11) is 0. The fourth-order valence-electron chi connectivity index (χ4n) is 0.936. The van der Waals surface area contributed by atoms with Gasteiger partial charge in [0, 0.05) is 6.42 Å². The first-order chi connectivity index (χ1) is 6.63. The van der Waals surface area contributed by atoms with Crippen LogP contribution in [0, 0.1) is 5.82 Å². The number of carbonyl (C=O) groups is 1. The van der Waals surface area contributed by atoms with Crippen molar-refractivity contribution in [2.45, 2.75) is 19.8 Å². The lowest BCUT2D eigenvalue weighted by molar-refractivity contribution is -0.134. The van der Waals surface area contributed by atoms with Crippen molar-refractivity contribution in [3.8, 4) is 5.75 Å². The molecular formula is C10H10ClFO2. The lowest BCUT2D eigenvalue weighted by Gasteiger charge is -2.04. The Bertz CT molecular complexity index is 339. The Morgan fingerprint density at radius 2 is 2.29 bits per heavy atom. The van der Waals surface area contributed by atoms with Gasteiger partial charge in [-0.1, -0.05) is 18.5 Å². The monoisotopic (exact) mass is 216 g/mol. The first-order valence-electron chi connectivity index (χ1n) is 4.29. The van der Waals surface area contributed by atoms with Crippen molar-refractivity contribution < 1.29 is 13.9 Å². The first kappa shape index (κ1) is 11.0. The van der Waals surface area contributed by atoms with Crippen LogP contribution in [0.4, 0.5) is 4.39 Å². The lowest BCUT2D eigenvalue weighted by atomic mass is 10.3. The van der Waals surface area contributed by atoms with Gasteiger partial charge in [0.15, 0.2) is 0 Å². The maximum Gasteiger partial charge on any atom is 0.311 e. The molecule has 0 radical (unpaired) electrons. The van der Waals surface area contributed by atoms with Crippen LogP contribution in [-0.2, 0) is 4.79 Å². The quantitative estimate of drug-likeness (QED) is 0.573. The SMILES string of the molecule is CCCC(=O)Oc1ccc(F)cc1Cl. The highest BCUT2D eigenvalue weighted by Crippen LogP contribution is 2.25. The Kier molecular flexibility index (Phi) is 3.89. The number of halogens is 2. The molecule has 0 saturated carbocycles. The van der Waals surface area contributed by atoms with Crippen LogP contribution in [0.1, 0.15) is 19.8 Å². The number of hydrogen-bond acceptors (Lipinski definition) is 2. The van der Waals surface area contributed by atoms with E-state index in [0.29, 0.717) is 12.8 Å². The van der Waals surface area contributed by atoms with E-state index in [-0.39, 0.29) is 16.7 Å². The Morgan fingerprint density at radius 1 is 1.57 bits per heavy atom. The molecule has 0 aliphatic heterocycles. The van der Waals surface area contributed by atoms with Gasteiger partial charge < -0.3 is 4.74 Å². The molecule has 2 nitrogen and oxygen atoms in total. The Labute approximate surface area is 86.6 Å². The molecule has 0 bridgehead atoms. The molecule has 0 unspecified atom stereocenters. The van der Waals surface area contributed by atoms with E-state index in [1.807, 2.05) is 6.92 Å². The van der Waals surface area contributed by atoms with Crippen LogP contribution >= 0.6 is 11.6 Å². The Balaban J connectivity index is 2.72. The van der Waals surface area contributed by atoms with Gasteiger partial charge in [-0.3, -0.25) is 4.79 Å². The minimum atomic E-state index is -0.453. The standard InChI is InChI=1S/C10H10ClFO2/c1-2-3-10(13)14-9-5-4-7(12)6-8(9)11/h4-6H,2-3H2,1H3. The summed E-state index contributed by atoms with van der Waals surface area (Å²) in [5.41, 5.74) is 0. The minimum absolute atomic E-state index is 0.106. The number of carbonyl (C=O) groups excluding carboxylic acids is 1. The summed E-state index contributed by atoms with van der Waals surface area (Å²) in [5.74, 6) is -0.613. The molecule has 0 fully saturated rings. The summed E-state index contributed by atoms with van der Waals surface area (Å²) in [5, 5.41) is 0.106. The molecule has 0 heterocycles. The van der Waals surface area contributed by atoms with Crippen LogP contribution in [0.25, 0.3) is 0 Å². The molecule has 0 saturated heterocycles. The van der Waals surface area contributed by atoms with Crippen LogP contribution in [-0.4, -0.2) is 5.97 Å². The third kappa shape index (κ3) is 3.00. The summed E-state index contributed by atoms with van der Waals surface area (Å²) >= 11 is 5.66. The van der Waals surface area contributed by atoms with Crippen LogP contribution in [0.3, 0.4) is 0 Å². The van der Waals surface area contributed by atoms with Crippen molar-refractivity contribution in [3.63, 3.8) is 0 Å². The van der Waals surface area contributed by atoms with Gasteiger partial charge in [0.05, 0.1) is 5.02 Å². The lowest BCUT2D eigenvalue weighted by Crippen LogP contribution is -2.07. The smallest absolute Gasteiger partial charge is 0.311 e. The number of benzene rings is 1. The zero-order valence-electron chi connectivity index (χ0n) is 7.72. The van der Waals surface area contributed by atoms with Crippen molar-refractivity contribution in [2.24, 2.45) is 0 Å². The first-order valence-corrected chi connectivity index (χ1v) is 4.67. The molecule has 0 amide bonds.